The molecule has 5 nitrogen and oxygen atoms in total. The van der Waals surface area contributed by atoms with E-state index in [1.807, 2.05) is 12.1 Å². The Morgan fingerprint density at radius 3 is 2.89 bits per heavy atom. The van der Waals surface area contributed by atoms with Crippen LogP contribution in [-0.4, -0.2) is 30.8 Å². The molecule has 2 aromatic rings. The van der Waals surface area contributed by atoms with Crippen LogP contribution in [0.2, 0.25) is 0 Å². The SMILES string of the molecule is O=c1[nH]c2cc(C3(C4CCCN4)COC3)ccc2o1. The lowest BCUT2D eigenvalue weighted by Crippen LogP contribution is -2.58. The number of benzene rings is 1. The lowest BCUT2D eigenvalue weighted by Gasteiger charge is -2.46. The van der Waals surface area contributed by atoms with Crippen LogP contribution < -0.4 is 11.1 Å². The van der Waals surface area contributed by atoms with Crippen LogP contribution in [0.4, 0.5) is 0 Å². The molecule has 0 aliphatic carbocycles. The van der Waals surface area contributed by atoms with Gasteiger partial charge in [0.05, 0.1) is 24.1 Å². The van der Waals surface area contributed by atoms with Gasteiger partial charge in [-0.1, -0.05) is 6.07 Å². The summed E-state index contributed by atoms with van der Waals surface area (Å²) in [5.41, 5.74) is 2.66. The predicted molar refractivity (Wildman–Crippen MR) is 70.4 cm³/mol. The minimum atomic E-state index is -0.398. The van der Waals surface area contributed by atoms with Crippen LogP contribution in [0.25, 0.3) is 11.1 Å². The smallest absolute Gasteiger partial charge is 0.408 e. The Balaban J connectivity index is 1.80. The number of aromatic amines is 1. The van der Waals surface area contributed by atoms with Crippen LogP contribution in [0.3, 0.4) is 0 Å². The van der Waals surface area contributed by atoms with Crippen molar-refractivity contribution in [2.45, 2.75) is 24.3 Å². The third-order valence-electron chi connectivity index (χ3n) is 4.44. The van der Waals surface area contributed by atoms with Gasteiger partial charge in [0.25, 0.3) is 0 Å². The minimum Gasteiger partial charge on any atom is -0.408 e. The van der Waals surface area contributed by atoms with Crippen molar-refractivity contribution in [2.75, 3.05) is 19.8 Å². The Bertz CT molecular complexity index is 663. The molecule has 19 heavy (non-hydrogen) atoms. The first-order valence-corrected chi connectivity index (χ1v) is 6.72. The first-order chi connectivity index (χ1) is 9.28. The van der Waals surface area contributed by atoms with E-state index >= 15 is 0 Å². The fourth-order valence-electron chi connectivity index (χ4n) is 3.31. The Hall–Kier alpha value is -1.59. The van der Waals surface area contributed by atoms with Crippen molar-refractivity contribution in [3.05, 3.63) is 34.3 Å². The maximum Gasteiger partial charge on any atom is 0.417 e. The van der Waals surface area contributed by atoms with Gasteiger partial charge in [0.1, 0.15) is 0 Å². The van der Waals surface area contributed by atoms with Crippen molar-refractivity contribution in [1.82, 2.24) is 10.3 Å². The third kappa shape index (κ3) is 1.58. The van der Waals surface area contributed by atoms with Crippen molar-refractivity contribution in [3.8, 4) is 0 Å². The molecule has 1 aromatic heterocycles. The van der Waals surface area contributed by atoms with Gasteiger partial charge < -0.3 is 14.5 Å². The molecule has 100 valence electrons. The van der Waals surface area contributed by atoms with Gasteiger partial charge in [0.15, 0.2) is 5.58 Å². The van der Waals surface area contributed by atoms with Crippen LogP contribution in [-0.2, 0) is 10.2 Å². The molecular formula is C14H16N2O3. The molecule has 0 saturated carbocycles. The van der Waals surface area contributed by atoms with E-state index in [0.717, 1.165) is 25.3 Å². The van der Waals surface area contributed by atoms with Crippen LogP contribution in [0.15, 0.2) is 27.4 Å². The van der Waals surface area contributed by atoms with Crippen LogP contribution in [0.1, 0.15) is 18.4 Å². The summed E-state index contributed by atoms with van der Waals surface area (Å²) in [5, 5.41) is 3.58. The summed E-state index contributed by atoms with van der Waals surface area (Å²) in [6.07, 6.45) is 2.40. The summed E-state index contributed by atoms with van der Waals surface area (Å²) >= 11 is 0. The maximum absolute atomic E-state index is 11.2. The highest BCUT2D eigenvalue weighted by Gasteiger charge is 2.48. The summed E-state index contributed by atoms with van der Waals surface area (Å²) in [6.45, 7) is 2.58. The molecule has 0 bridgehead atoms. The van der Waals surface area contributed by atoms with Gasteiger partial charge in [-0.2, -0.15) is 0 Å². The second-order valence-corrected chi connectivity index (χ2v) is 5.52. The van der Waals surface area contributed by atoms with Gasteiger partial charge in [-0.3, -0.25) is 4.98 Å². The highest BCUT2D eigenvalue weighted by molar-refractivity contribution is 5.73. The zero-order valence-electron chi connectivity index (χ0n) is 10.6. The molecule has 0 spiro atoms. The molecule has 4 rings (SSSR count). The van der Waals surface area contributed by atoms with Crippen molar-refractivity contribution in [1.29, 1.82) is 0 Å². The Morgan fingerprint density at radius 2 is 2.21 bits per heavy atom. The molecule has 2 fully saturated rings. The van der Waals surface area contributed by atoms with Gasteiger partial charge in [0.2, 0.25) is 0 Å². The molecule has 0 radical (unpaired) electrons. The molecule has 2 N–H and O–H groups in total. The quantitative estimate of drug-likeness (QED) is 0.849. The van der Waals surface area contributed by atoms with E-state index in [4.69, 9.17) is 9.15 Å². The zero-order chi connectivity index (χ0) is 12.9. The molecular weight excluding hydrogens is 244 g/mol. The number of nitrogens with one attached hydrogen (secondary N) is 2. The number of H-pyrrole nitrogens is 1. The minimum absolute atomic E-state index is 0.0544. The number of hydrogen-bond donors (Lipinski definition) is 2. The zero-order valence-corrected chi connectivity index (χ0v) is 10.6. The van der Waals surface area contributed by atoms with E-state index in [2.05, 4.69) is 16.4 Å². The third-order valence-corrected chi connectivity index (χ3v) is 4.44. The monoisotopic (exact) mass is 260 g/mol. The molecule has 1 atom stereocenters. The topological polar surface area (TPSA) is 67.3 Å². The number of oxazole rings is 1. The Labute approximate surface area is 109 Å². The molecule has 1 aromatic carbocycles. The molecule has 2 aliphatic rings. The number of rotatable bonds is 2. The molecule has 1 unspecified atom stereocenters. The second kappa shape index (κ2) is 3.95. The van der Waals surface area contributed by atoms with Gasteiger partial charge in [0, 0.05) is 6.04 Å². The lowest BCUT2D eigenvalue weighted by molar-refractivity contribution is -0.0760. The van der Waals surface area contributed by atoms with Gasteiger partial charge in [-0.25, -0.2) is 4.79 Å². The second-order valence-electron chi connectivity index (χ2n) is 5.52. The summed E-state index contributed by atoms with van der Waals surface area (Å²) in [4.78, 5) is 14.0. The molecule has 5 heteroatoms. The highest BCUT2D eigenvalue weighted by Crippen LogP contribution is 2.39. The van der Waals surface area contributed by atoms with Crippen LogP contribution in [0.5, 0.6) is 0 Å². The van der Waals surface area contributed by atoms with Gasteiger partial charge >= 0.3 is 5.76 Å². The molecule has 3 heterocycles. The van der Waals surface area contributed by atoms with Gasteiger partial charge in [-0.05, 0) is 37.1 Å². The standard InChI is InChI=1S/C14H16N2O3/c17-13-16-10-6-9(3-4-11(10)19-13)14(7-18-8-14)12-2-1-5-15-12/h3-4,6,12,15H,1-2,5,7-8H2,(H,16,17). The number of aromatic nitrogens is 1. The Kier molecular flexibility index (Phi) is 2.34. The van der Waals surface area contributed by atoms with Crippen LogP contribution >= 0.6 is 0 Å². The molecule has 0 amide bonds. The molecule has 2 aliphatic heterocycles. The first kappa shape index (κ1) is 11.3. The van der Waals surface area contributed by atoms with E-state index in [9.17, 15) is 4.79 Å². The van der Waals surface area contributed by atoms with Gasteiger partial charge in [-0.15, -0.1) is 0 Å². The largest absolute Gasteiger partial charge is 0.417 e. The summed E-state index contributed by atoms with van der Waals surface area (Å²) in [5.74, 6) is -0.398. The van der Waals surface area contributed by atoms with Crippen LogP contribution in [0, 0.1) is 0 Å². The van der Waals surface area contributed by atoms with E-state index in [1.165, 1.54) is 18.4 Å². The average molecular weight is 260 g/mol. The van der Waals surface area contributed by atoms with Crippen molar-refractivity contribution < 1.29 is 9.15 Å². The van der Waals surface area contributed by atoms with E-state index in [0.29, 0.717) is 11.6 Å². The molecule has 2 saturated heterocycles. The summed E-state index contributed by atoms with van der Waals surface area (Å²) < 4.78 is 10.5. The maximum atomic E-state index is 11.2. The fourth-order valence-corrected chi connectivity index (χ4v) is 3.31. The fraction of sp³-hybridized carbons (Fsp3) is 0.500. The summed E-state index contributed by atoms with van der Waals surface area (Å²) in [6, 6.07) is 6.43. The van der Waals surface area contributed by atoms with E-state index in [1.54, 1.807) is 0 Å². The van der Waals surface area contributed by atoms with E-state index in [-0.39, 0.29) is 5.41 Å². The lowest BCUT2D eigenvalue weighted by atomic mass is 9.72. The number of hydrogen-bond acceptors (Lipinski definition) is 4. The number of ether oxygens (including phenoxy) is 1. The van der Waals surface area contributed by atoms with E-state index < -0.39 is 5.76 Å². The normalized spacial score (nSPS) is 25.6. The first-order valence-electron chi connectivity index (χ1n) is 6.72. The number of fused-ring (bicyclic) bond motifs is 1. The highest BCUT2D eigenvalue weighted by atomic mass is 16.5. The van der Waals surface area contributed by atoms with Crippen molar-refractivity contribution >= 4 is 11.1 Å². The average Bonchev–Trinajstić information content (AvgIpc) is 2.95. The summed E-state index contributed by atoms with van der Waals surface area (Å²) in [7, 11) is 0. The van der Waals surface area contributed by atoms with Crippen molar-refractivity contribution in [2.24, 2.45) is 0 Å². The van der Waals surface area contributed by atoms with Crippen molar-refractivity contribution in [3.63, 3.8) is 0 Å². The predicted octanol–water partition coefficient (Wildman–Crippen LogP) is 1.14. The Morgan fingerprint density at radius 1 is 1.32 bits per heavy atom.